The topological polar surface area (TPSA) is 26.0 Å². The molecule has 0 saturated heterocycles. The van der Waals surface area contributed by atoms with Gasteiger partial charge in [-0.3, -0.25) is 0 Å². The Kier molecular flexibility index (Phi) is 40.7. The average molecular weight is 690 g/mol. The molecule has 1 unspecified atom stereocenters. The van der Waals surface area contributed by atoms with Gasteiger partial charge < -0.3 is 5.73 Å². The van der Waals surface area contributed by atoms with E-state index in [1.165, 1.54) is 270 Å². The molecule has 49 heavy (non-hydrogen) atoms. The molecule has 0 aromatic heterocycles. The number of rotatable bonds is 43. The summed E-state index contributed by atoms with van der Waals surface area (Å²) in [4.78, 5) is 0. The summed E-state index contributed by atoms with van der Waals surface area (Å²) in [7, 11) is 0. The molecule has 0 aromatic rings. The van der Waals surface area contributed by atoms with Crippen molar-refractivity contribution < 1.29 is 0 Å². The monoisotopic (exact) mass is 690 g/mol. The van der Waals surface area contributed by atoms with Crippen LogP contribution in [0.2, 0.25) is 0 Å². The SMILES string of the molecule is CCCCCCCCCCCCC(CCCCCCCCCC)C(N)(CCCCCCCCCCCC)CCCCCCCCCCCC. The van der Waals surface area contributed by atoms with E-state index in [2.05, 4.69) is 27.7 Å². The molecule has 0 amide bonds. The lowest BCUT2D eigenvalue weighted by atomic mass is 9.72. The van der Waals surface area contributed by atoms with Gasteiger partial charge in [0.15, 0.2) is 0 Å². The van der Waals surface area contributed by atoms with E-state index >= 15 is 0 Å². The predicted molar refractivity (Wildman–Crippen MR) is 227 cm³/mol. The minimum atomic E-state index is 0.0840. The molecule has 0 radical (unpaired) electrons. The molecule has 1 atom stereocenters. The van der Waals surface area contributed by atoms with E-state index in [1.54, 1.807) is 0 Å². The van der Waals surface area contributed by atoms with Gasteiger partial charge in [0, 0.05) is 5.54 Å². The molecule has 0 saturated carbocycles. The minimum Gasteiger partial charge on any atom is -0.325 e. The molecule has 1 heteroatoms. The second-order valence-corrected chi connectivity index (χ2v) is 17.0. The third-order valence-electron chi connectivity index (χ3n) is 12.1. The van der Waals surface area contributed by atoms with Crippen LogP contribution in [-0.2, 0) is 0 Å². The molecule has 0 aliphatic carbocycles. The third-order valence-corrected chi connectivity index (χ3v) is 12.1. The van der Waals surface area contributed by atoms with Crippen molar-refractivity contribution in [2.75, 3.05) is 0 Å². The van der Waals surface area contributed by atoms with E-state index in [-0.39, 0.29) is 5.54 Å². The summed E-state index contributed by atoms with van der Waals surface area (Å²) >= 11 is 0. The first-order valence-electron chi connectivity index (χ1n) is 23.9. The first kappa shape index (κ1) is 49.0. The zero-order chi connectivity index (χ0) is 35.8. The molecule has 0 heterocycles. The van der Waals surface area contributed by atoms with Gasteiger partial charge in [0.1, 0.15) is 0 Å². The van der Waals surface area contributed by atoms with E-state index in [9.17, 15) is 0 Å². The predicted octanol–water partition coefficient (Wildman–Crippen LogP) is 17.8. The summed E-state index contributed by atoms with van der Waals surface area (Å²) in [6.45, 7) is 9.31. The van der Waals surface area contributed by atoms with Crippen LogP contribution in [0, 0.1) is 5.92 Å². The molecule has 0 aliphatic heterocycles. The van der Waals surface area contributed by atoms with Crippen LogP contribution in [0.25, 0.3) is 0 Å². The summed E-state index contributed by atoms with van der Waals surface area (Å²) in [5.41, 5.74) is 7.76. The van der Waals surface area contributed by atoms with Crippen LogP contribution in [0.1, 0.15) is 297 Å². The highest BCUT2D eigenvalue weighted by molar-refractivity contribution is 4.91. The van der Waals surface area contributed by atoms with Crippen molar-refractivity contribution in [3.05, 3.63) is 0 Å². The van der Waals surface area contributed by atoms with Crippen LogP contribution in [-0.4, -0.2) is 5.54 Å². The first-order valence-corrected chi connectivity index (χ1v) is 23.9. The fourth-order valence-corrected chi connectivity index (χ4v) is 8.54. The molecular weight excluding hydrogens is 591 g/mol. The van der Waals surface area contributed by atoms with Crippen molar-refractivity contribution in [2.45, 2.75) is 303 Å². The average Bonchev–Trinajstić information content (AvgIpc) is 3.10. The molecule has 0 bridgehead atoms. The van der Waals surface area contributed by atoms with Gasteiger partial charge in [-0.2, -0.15) is 0 Å². The zero-order valence-corrected chi connectivity index (χ0v) is 35.4. The van der Waals surface area contributed by atoms with Crippen molar-refractivity contribution in [3.8, 4) is 0 Å². The summed E-state index contributed by atoms with van der Waals surface area (Å²) in [6, 6.07) is 0. The second kappa shape index (κ2) is 40.7. The summed E-state index contributed by atoms with van der Waals surface area (Å²) in [5.74, 6) is 0.749. The maximum atomic E-state index is 7.68. The fraction of sp³-hybridized carbons (Fsp3) is 1.00. The smallest absolute Gasteiger partial charge is 0.0182 e. The van der Waals surface area contributed by atoms with Crippen molar-refractivity contribution >= 4 is 0 Å². The van der Waals surface area contributed by atoms with Crippen molar-refractivity contribution in [1.82, 2.24) is 0 Å². The van der Waals surface area contributed by atoms with Crippen molar-refractivity contribution in [2.24, 2.45) is 11.7 Å². The van der Waals surface area contributed by atoms with Gasteiger partial charge in [-0.15, -0.1) is 0 Å². The standard InChI is InChI=1S/C48H99N/c1-5-9-13-17-21-25-28-32-36-40-44-47(43-39-35-31-24-20-16-12-8-4)48(49,45-41-37-33-29-26-22-18-14-10-6-2)46-42-38-34-30-27-23-19-15-11-7-3/h47H,5-46,49H2,1-4H3. The van der Waals surface area contributed by atoms with Crippen LogP contribution >= 0.6 is 0 Å². The van der Waals surface area contributed by atoms with Gasteiger partial charge in [-0.1, -0.05) is 272 Å². The van der Waals surface area contributed by atoms with Gasteiger partial charge >= 0.3 is 0 Å². The molecular formula is C48H99N. The molecule has 1 nitrogen and oxygen atoms in total. The Labute approximate surface area is 313 Å². The molecule has 0 fully saturated rings. The Morgan fingerprint density at radius 1 is 0.265 bits per heavy atom. The van der Waals surface area contributed by atoms with E-state index < -0.39 is 0 Å². The van der Waals surface area contributed by atoms with Crippen LogP contribution in [0.15, 0.2) is 0 Å². The van der Waals surface area contributed by atoms with Crippen LogP contribution in [0.5, 0.6) is 0 Å². The lowest BCUT2D eigenvalue weighted by Gasteiger charge is -2.39. The van der Waals surface area contributed by atoms with Gasteiger partial charge in [-0.05, 0) is 31.6 Å². The van der Waals surface area contributed by atoms with E-state index in [0.29, 0.717) is 0 Å². The highest BCUT2D eigenvalue weighted by Crippen LogP contribution is 2.36. The van der Waals surface area contributed by atoms with Crippen molar-refractivity contribution in [1.29, 1.82) is 0 Å². The van der Waals surface area contributed by atoms with Gasteiger partial charge in [-0.25, -0.2) is 0 Å². The van der Waals surface area contributed by atoms with Gasteiger partial charge in [0.25, 0.3) is 0 Å². The second-order valence-electron chi connectivity index (χ2n) is 17.0. The summed E-state index contributed by atoms with van der Waals surface area (Å²) in [5, 5.41) is 0. The van der Waals surface area contributed by atoms with Crippen LogP contribution in [0.4, 0.5) is 0 Å². The maximum Gasteiger partial charge on any atom is 0.0182 e. The molecule has 0 aliphatic rings. The molecule has 2 N–H and O–H groups in total. The van der Waals surface area contributed by atoms with Crippen molar-refractivity contribution in [3.63, 3.8) is 0 Å². The number of unbranched alkanes of at least 4 members (excludes halogenated alkanes) is 34. The lowest BCUT2D eigenvalue weighted by molar-refractivity contribution is 0.189. The number of hydrogen-bond donors (Lipinski definition) is 1. The highest BCUT2D eigenvalue weighted by atomic mass is 14.8. The van der Waals surface area contributed by atoms with E-state index in [1.807, 2.05) is 0 Å². The Morgan fingerprint density at radius 2 is 0.449 bits per heavy atom. The molecule has 0 aromatic carbocycles. The Hall–Kier alpha value is -0.0400. The van der Waals surface area contributed by atoms with Crippen LogP contribution < -0.4 is 5.73 Å². The number of hydrogen-bond acceptors (Lipinski definition) is 1. The van der Waals surface area contributed by atoms with E-state index in [4.69, 9.17) is 5.73 Å². The van der Waals surface area contributed by atoms with E-state index in [0.717, 1.165) is 5.92 Å². The molecule has 0 spiro atoms. The Bertz CT molecular complexity index is 560. The Balaban J connectivity index is 4.96. The Morgan fingerprint density at radius 3 is 0.673 bits per heavy atom. The van der Waals surface area contributed by atoms with Crippen LogP contribution in [0.3, 0.4) is 0 Å². The third kappa shape index (κ3) is 34.8. The maximum absolute atomic E-state index is 7.68. The fourth-order valence-electron chi connectivity index (χ4n) is 8.54. The van der Waals surface area contributed by atoms with Gasteiger partial charge in [0.05, 0.1) is 0 Å². The first-order chi connectivity index (χ1) is 24.1. The zero-order valence-electron chi connectivity index (χ0n) is 35.4. The lowest BCUT2D eigenvalue weighted by Crippen LogP contribution is -2.47. The summed E-state index contributed by atoms with van der Waals surface area (Å²) in [6.07, 6.45) is 59.8. The minimum absolute atomic E-state index is 0.0840. The number of nitrogens with two attached hydrogens (primary N) is 1. The highest BCUT2D eigenvalue weighted by Gasteiger charge is 2.33. The molecule has 0 rings (SSSR count). The summed E-state index contributed by atoms with van der Waals surface area (Å²) < 4.78 is 0. The van der Waals surface area contributed by atoms with Gasteiger partial charge in [0.2, 0.25) is 0 Å². The quantitative estimate of drug-likeness (QED) is 0.0634. The largest absolute Gasteiger partial charge is 0.325 e. The normalized spacial score (nSPS) is 12.7. The molecule has 296 valence electrons.